The van der Waals surface area contributed by atoms with Crippen LogP contribution >= 0.6 is 23.1 Å². The summed E-state index contributed by atoms with van der Waals surface area (Å²) in [6.45, 7) is 0. The first-order chi connectivity index (χ1) is 11.6. The maximum absolute atomic E-state index is 13.6. The van der Waals surface area contributed by atoms with Crippen LogP contribution in [0.3, 0.4) is 0 Å². The van der Waals surface area contributed by atoms with Crippen molar-refractivity contribution in [3.05, 3.63) is 64.5 Å². The Hall–Kier alpha value is -1.92. The number of halogens is 2. The van der Waals surface area contributed by atoms with Crippen molar-refractivity contribution in [2.75, 3.05) is 5.75 Å². The molecule has 0 saturated carbocycles. The molecule has 2 heterocycles. The molecule has 0 radical (unpaired) electrons. The maximum atomic E-state index is 13.6. The molecule has 1 unspecified atom stereocenters. The Kier molecular flexibility index (Phi) is 4.02. The van der Waals surface area contributed by atoms with Gasteiger partial charge in [-0.1, -0.05) is 0 Å². The Morgan fingerprint density at radius 2 is 1.88 bits per heavy atom. The molecule has 1 N–H and O–H groups in total. The summed E-state index contributed by atoms with van der Waals surface area (Å²) in [5.41, 5.74) is 0.826. The van der Waals surface area contributed by atoms with E-state index in [1.807, 2.05) is 0 Å². The summed E-state index contributed by atoms with van der Waals surface area (Å²) in [5, 5.41) is 3.71. The van der Waals surface area contributed by atoms with Gasteiger partial charge in [0.15, 0.2) is 0 Å². The van der Waals surface area contributed by atoms with Crippen LogP contribution < -0.4 is 5.32 Å². The third kappa shape index (κ3) is 2.91. The molecule has 2 nitrogen and oxygen atoms in total. The van der Waals surface area contributed by atoms with Gasteiger partial charge in [0.2, 0.25) is 0 Å². The van der Waals surface area contributed by atoms with Crippen LogP contribution in [-0.2, 0) is 0 Å². The first-order valence-electron chi connectivity index (χ1n) is 7.52. The summed E-state index contributed by atoms with van der Waals surface area (Å²) < 4.78 is 27.7. The van der Waals surface area contributed by atoms with E-state index in [1.54, 1.807) is 30.0 Å². The van der Waals surface area contributed by atoms with Gasteiger partial charge in [-0.2, -0.15) is 0 Å². The molecule has 1 amide bonds. The van der Waals surface area contributed by atoms with Crippen LogP contribution in [-0.4, -0.2) is 11.7 Å². The molecule has 24 heavy (non-hydrogen) atoms. The van der Waals surface area contributed by atoms with Crippen molar-refractivity contribution >= 4 is 39.1 Å². The summed E-state index contributed by atoms with van der Waals surface area (Å²) >= 11 is 3.00. The van der Waals surface area contributed by atoms with Crippen LogP contribution in [0, 0.1) is 11.6 Å². The van der Waals surface area contributed by atoms with E-state index in [0.29, 0.717) is 4.88 Å². The van der Waals surface area contributed by atoms with Crippen molar-refractivity contribution in [1.82, 2.24) is 5.32 Å². The molecular weight excluding hydrogens is 348 g/mol. The number of nitrogens with one attached hydrogen (secondary N) is 1. The number of hydrogen-bond acceptors (Lipinski definition) is 3. The number of carbonyl (C=O) groups is 1. The summed E-state index contributed by atoms with van der Waals surface area (Å²) in [6.07, 6.45) is 0.756. The van der Waals surface area contributed by atoms with E-state index in [4.69, 9.17) is 0 Å². The van der Waals surface area contributed by atoms with Gasteiger partial charge >= 0.3 is 0 Å². The van der Waals surface area contributed by atoms with E-state index in [2.05, 4.69) is 5.32 Å². The standard InChI is InChI=1S/C18H13F2NOS2/c19-11-1-3-15-10(7-11)8-17(24-15)18(22)21-14-5-6-23-16-4-2-12(20)9-13(14)16/h1-4,7-9,14H,5-6H2,(H,21,22). The fourth-order valence-corrected chi connectivity index (χ4v) is 4.92. The molecule has 0 bridgehead atoms. The Labute approximate surface area is 145 Å². The SMILES string of the molecule is O=C(NC1CCSc2ccc(F)cc21)c1cc2cc(F)ccc2s1. The van der Waals surface area contributed by atoms with Gasteiger partial charge in [-0.15, -0.1) is 23.1 Å². The number of fused-ring (bicyclic) bond motifs is 2. The largest absolute Gasteiger partial charge is 0.344 e. The highest BCUT2D eigenvalue weighted by Gasteiger charge is 2.24. The van der Waals surface area contributed by atoms with Crippen molar-refractivity contribution in [3.63, 3.8) is 0 Å². The number of carbonyl (C=O) groups excluding carboxylic acids is 1. The molecule has 4 rings (SSSR count). The zero-order valence-electron chi connectivity index (χ0n) is 12.5. The molecule has 1 aliphatic rings. The maximum Gasteiger partial charge on any atom is 0.261 e. The van der Waals surface area contributed by atoms with Gasteiger partial charge in [-0.3, -0.25) is 4.79 Å². The third-order valence-corrected chi connectivity index (χ3v) is 6.26. The first kappa shape index (κ1) is 15.6. The quantitative estimate of drug-likeness (QED) is 0.684. The second-order valence-electron chi connectivity index (χ2n) is 5.64. The van der Waals surface area contributed by atoms with Gasteiger partial charge < -0.3 is 5.32 Å². The topological polar surface area (TPSA) is 29.1 Å². The Balaban J connectivity index is 1.61. The smallest absolute Gasteiger partial charge is 0.261 e. The number of hydrogen-bond donors (Lipinski definition) is 1. The van der Waals surface area contributed by atoms with E-state index in [9.17, 15) is 13.6 Å². The molecule has 1 aromatic heterocycles. The van der Waals surface area contributed by atoms with E-state index in [0.717, 1.165) is 32.7 Å². The predicted octanol–water partition coefficient (Wildman–Crippen LogP) is 5.15. The third-order valence-electron chi connectivity index (χ3n) is 4.02. The molecule has 0 spiro atoms. The normalized spacial score (nSPS) is 16.8. The molecule has 122 valence electrons. The van der Waals surface area contributed by atoms with Crippen LogP contribution in [0.25, 0.3) is 10.1 Å². The minimum Gasteiger partial charge on any atom is -0.344 e. The molecule has 0 fully saturated rings. The molecule has 2 aromatic carbocycles. The monoisotopic (exact) mass is 361 g/mol. The fraction of sp³-hybridized carbons (Fsp3) is 0.167. The lowest BCUT2D eigenvalue weighted by atomic mass is 10.0. The highest BCUT2D eigenvalue weighted by Crippen LogP contribution is 2.37. The van der Waals surface area contributed by atoms with Gasteiger partial charge in [0.05, 0.1) is 10.9 Å². The average molecular weight is 361 g/mol. The van der Waals surface area contributed by atoms with Crippen LogP contribution in [0.2, 0.25) is 0 Å². The molecule has 6 heteroatoms. The summed E-state index contributed by atoms with van der Waals surface area (Å²) in [5.74, 6) is 0.0545. The highest BCUT2D eigenvalue weighted by molar-refractivity contribution is 7.99. The summed E-state index contributed by atoms with van der Waals surface area (Å²) in [6, 6.07) is 10.7. The van der Waals surface area contributed by atoms with Crippen molar-refractivity contribution in [2.45, 2.75) is 17.4 Å². The predicted molar refractivity (Wildman–Crippen MR) is 93.7 cm³/mol. The van der Waals surface area contributed by atoms with Gasteiger partial charge in [-0.05, 0) is 59.8 Å². The summed E-state index contributed by atoms with van der Waals surface area (Å²) in [4.78, 5) is 14.1. The van der Waals surface area contributed by atoms with Crippen molar-refractivity contribution in [3.8, 4) is 0 Å². The van der Waals surface area contributed by atoms with Gasteiger partial charge in [0.25, 0.3) is 5.91 Å². The molecular formula is C18H13F2NOS2. The molecule has 1 atom stereocenters. The Bertz CT molecular complexity index is 938. The van der Waals surface area contributed by atoms with E-state index in [-0.39, 0.29) is 23.6 Å². The minimum atomic E-state index is -0.319. The van der Waals surface area contributed by atoms with Crippen molar-refractivity contribution < 1.29 is 13.6 Å². The Morgan fingerprint density at radius 1 is 1.08 bits per heavy atom. The van der Waals surface area contributed by atoms with Crippen LogP contribution in [0.15, 0.2) is 47.4 Å². The second-order valence-corrected chi connectivity index (χ2v) is 7.86. The fourth-order valence-electron chi connectivity index (χ4n) is 2.87. The molecule has 0 saturated heterocycles. The number of benzene rings is 2. The second kappa shape index (κ2) is 6.18. The zero-order valence-corrected chi connectivity index (χ0v) is 14.1. The van der Waals surface area contributed by atoms with Gasteiger partial charge in [0.1, 0.15) is 11.6 Å². The minimum absolute atomic E-state index is 0.202. The van der Waals surface area contributed by atoms with E-state index in [1.165, 1.54) is 35.6 Å². The molecule has 3 aromatic rings. The lowest BCUT2D eigenvalue weighted by Gasteiger charge is -2.25. The Morgan fingerprint density at radius 3 is 2.75 bits per heavy atom. The van der Waals surface area contributed by atoms with Gasteiger partial charge in [0, 0.05) is 15.3 Å². The van der Waals surface area contributed by atoms with E-state index >= 15 is 0 Å². The first-order valence-corrected chi connectivity index (χ1v) is 9.32. The number of thiophene rings is 1. The lowest BCUT2D eigenvalue weighted by molar-refractivity contribution is 0.0939. The number of thioether (sulfide) groups is 1. The number of rotatable bonds is 2. The van der Waals surface area contributed by atoms with E-state index < -0.39 is 0 Å². The lowest BCUT2D eigenvalue weighted by Crippen LogP contribution is -2.30. The number of amides is 1. The zero-order chi connectivity index (χ0) is 16.7. The van der Waals surface area contributed by atoms with Crippen LogP contribution in [0.1, 0.15) is 27.7 Å². The van der Waals surface area contributed by atoms with Crippen LogP contribution in [0.5, 0.6) is 0 Å². The average Bonchev–Trinajstić information content (AvgIpc) is 2.98. The summed E-state index contributed by atoms with van der Waals surface area (Å²) in [7, 11) is 0. The van der Waals surface area contributed by atoms with Gasteiger partial charge in [-0.25, -0.2) is 8.78 Å². The van der Waals surface area contributed by atoms with Crippen molar-refractivity contribution in [2.24, 2.45) is 0 Å². The van der Waals surface area contributed by atoms with Crippen LogP contribution in [0.4, 0.5) is 8.78 Å². The highest BCUT2D eigenvalue weighted by atomic mass is 32.2. The molecule has 1 aliphatic heterocycles. The van der Waals surface area contributed by atoms with Crippen molar-refractivity contribution in [1.29, 1.82) is 0 Å². The molecule has 0 aliphatic carbocycles.